The van der Waals surface area contributed by atoms with Crippen LogP contribution in [0.3, 0.4) is 0 Å². The molecule has 0 nitrogen and oxygen atoms in total. The number of hydrogen-bond acceptors (Lipinski definition) is 1. The first-order chi connectivity index (χ1) is 5.41. The van der Waals surface area contributed by atoms with Crippen LogP contribution >= 0.6 is 12.6 Å². The Morgan fingerprint density at radius 1 is 1.08 bits per heavy atom. The van der Waals surface area contributed by atoms with Crippen LogP contribution in [0.4, 0.5) is 0 Å². The average Bonchev–Trinajstić information content (AvgIpc) is 1.92. The Kier molecular flexibility index (Phi) is 2.52. The zero-order valence-corrected chi connectivity index (χ0v) is 9.07. The summed E-state index contributed by atoms with van der Waals surface area (Å²) in [4.78, 5) is 0. The quantitative estimate of drug-likeness (QED) is 0.629. The predicted molar refractivity (Wildman–Crippen MR) is 57.9 cm³/mol. The first-order valence-corrected chi connectivity index (χ1v) is 4.66. The van der Waals surface area contributed by atoms with Gasteiger partial charge in [-0.2, -0.15) is 12.6 Å². The molecule has 12 heavy (non-hydrogen) atoms. The highest BCUT2D eigenvalue weighted by molar-refractivity contribution is 7.81. The summed E-state index contributed by atoms with van der Waals surface area (Å²) < 4.78 is -0.0293. The minimum absolute atomic E-state index is 0.0293. The molecule has 0 fully saturated rings. The first-order valence-electron chi connectivity index (χ1n) is 4.21. The fourth-order valence-corrected chi connectivity index (χ4v) is 1.26. The van der Waals surface area contributed by atoms with Crippen molar-refractivity contribution in [3.05, 3.63) is 34.9 Å². The molecule has 0 saturated carbocycles. The molecule has 1 aromatic carbocycles. The number of thiol groups is 1. The van der Waals surface area contributed by atoms with Crippen molar-refractivity contribution in [3.63, 3.8) is 0 Å². The molecule has 0 heterocycles. The molecule has 1 heteroatoms. The van der Waals surface area contributed by atoms with E-state index in [-0.39, 0.29) is 4.75 Å². The van der Waals surface area contributed by atoms with E-state index < -0.39 is 0 Å². The number of benzene rings is 1. The maximum absolute atomic E-state index is 4.53. The van der Waals surface area contributed by atoms with Crippen LogP contribution in [0.2, 0.25) is 0 Å². The fourth-order valence-electron chi connectivity index (χ4n) is 1.12. The summed E-state index contributed by atoms with van der Waals surface area (Å²) in [7, 11) is 0. The van der Waals surface area contributed by atoms with Gasteiger partial charge in [0, 0.05) is 4.75 Å². The van der Waals surface area contributed by atoms with E-state index in [0.29, 0.717) is 0 Å². The van der Waals surface area contributed by atoms with Gasteiger partial charge in [0.05, 0.1) is 0 Å². The van der Waals surface area contributed by atoms with Gasteiger partial charge in [-0.25, -0.2) is 0 Å². The van der Waals surface area contributed by atoms with Crippen LogP contribution in [-0.4, -0.2) is 0 Å². The Labute approximate surface area is 80.4 Å². The zero-order valence-electron chi connectivity index (χ0n) is 8.18. The van der Waals surface area contributed by atoms with Gasteiger partial charge in [0.15, 0.2) is 0 Å². The van der Waals surface area contributed by atoms with Crippen molar-refractivity contribution in [2.24, 2.45) is 0 Å². The molecular weight excluding hydrogens is 164 g/mol. The summed E-state index contributed by atoms with van der Waals surface area (Å²) in [6, 6.07) is 6.51. The molecule has 0 aliphatic carbocycles. The lowest BCUT2D eigenvalue weighted by Gasteiger charge is -2.18. The van der Waals surface area contributed by atoms with Gasteiger partial charge in [0.2, 0.25) is 0 Å². The molecule has 0 N–H and O–H groups in total. The van der Waals surface area contributed by atoms with Crippen molar-refractivity contribution in [1.82, 2.24) is 0 Å². The maximum atomic E-state index is 4.53. The molecule has 0 unspecified atom stereocenters. The molecular formula is C11H16S. The van der Waals surface area contributed by atoms with Crippen molar-refractivity contribution in [2.45, 2.75) is 32.4 Å². The highest BCUT2D eigenvalue weighted by Crippen LogP contribution is 2.28. The van der Waals surface area contributed by atoms with E-state index in [1.54, 1.807) is 0 Å². The Morgan fingerprint density at radius 2 is 1.67 bits per heavy atom. The van der Waals surface area contributed by atoms with Gasteiger partial charge >= 0.3 is 0 Å². The van der Waals surface area contributed by atoms with E-state index >= 15 is 0 Å². The van der Waals surface area contributed by atoms with E-state index in [4.69, 9.17) is 0 Å². The van der Waals surface area contributed by atoms with Crippen LogP contribution in [0.25, 0.3) is 0 Å². The number of hydrogen-bond donors (Lipinski definition) is 1. The van der Waals surface area contributed by atoms with Crippen molar-refractivity contribution >= 4 is 12.6 Å². The third kappa shape index (κ3) is 2.04. The lowest BCUT2D eigenvalue weighted by Crippen LogP contribution is -2.07. The number of aryl methyl sites for hydroxylation is 2. The largest absolute Gasteiger partial charge is 0.168 e. The number of rotatable bonds is 1. The summed E-state index contributed by atoms with van der Waals surface area (Å²) in [5.41, 5.74) is 3.97. The normalized spacial score (nSPS) is 11.8. The van der Waals surface area contributed by atoms with Gasteiger partial charge in [0.25, 0.3) is 0 Å². The Morgan fingerprint density at radius 3 is 2.08 bits per heavy atom. The van der Waals surface area contributed by atoms with Crippen molar-refractivity contribution in [1.29, 1.82) is 0 Å². The van der Waals surface area contributed by atoms with Gasteiger partial charge in [-0.1, -0.05) is 18.2 Å². The molecule has 66 valence electrons. The van der Waals surface area contributed by atoms with E-state index in [1.165, 1.54) is 16.7 Å². The minimum Gasteiger partial charge on any atom is -0.168 e. The Balaban J connectivity index is 3.14. The Bertz CT molecular complexity index is 282. The molecule has 0 spiro atoms. The van der Waals surface area contributed by atoms with Crippen LogP contribution in [0.1, 0.15) is 30.5 Å². The maximum Gasteiger partial charge on any atom is 0.0322 e. The zero-order chi connectivity index (χ0) is 9.35. The average molecular weight is 180 g/mol. The first kappa shape index (κ1) is 9.66. The highest BCUT2D eigenvalue weighted by Gasteiger charge is 2.14. The second-order valence-corrected chi connectivity index (χ2v) is 4.98. The second kappa shape index (κ2) is 3.14. The third-order valence-corrected chi connectivity index (χ3v) is 2.47. The molecule has 0 amide bonds. The lowest BCUT2D eigenvalue weighted by molar-refractivity contribution is 0.789. The smallest absolute Gasteiger partial charge is 0.0322 e. The van der Waals surface area contributed by atoms with Crippen molar-refractivity contribution < 1.29 is 0 Å². The summed E-state index contributed by atoms with van der Waals surface area (Å²) in [6.45, 7) is 8.49. The van der Waals surface area contributed by atoms with E-state index in [9.17, 15) is 0 Å². The summed E-state index contributed by atoms with van der Waals surface area (Å²) in [5.74, 6) is 0. The van der Waals surface area contributed by atoms with Crippen LogP contribution in [0, 0.1) is 13.8 Å². The SMILES string of the molecule is Cc1ccc(C(C)(C)S)cc1C. The monoisotopic (exact) mass is 180 g/mol. The fraction of sp³-hybridized carbons (Fsp3) is 0.455. The van der Waals surface area contributed by atoms with Crippen LogP contribution < -0.4 is 0 Å². The van der Waals surface area contributed by atoms with Gasteiger partial charge in [-0.15, -0.1) is 0 Å². The molecule has 0 saturated heterocycles. The summed E-state index contributed by atoms with van der Waals surface area (Å²) >= 11 is 4.53. The molecule has 0 radical (unpaired) electrons. The highest BCUT2D eigenvalue weighted by atomic mass is 32.1. The van der Waals surface area contributed by atoms with Gasteiger partial charge in [-0.3, -0.25) is 0 Å². The predicted octanol–water partition coefficient (Wildman–Crippen LogP) is 3.47. The molecule has 1 rings (SSSR count). The molecule has 0 aromatic heterocycles. The van der Waals surface area contributed by atoms with Crippen molar-refractivity contribution in [2.75, 3.05) is 0 Å². The summed E-state index contributed by atoms with van der Waals surface area (Å²) in [6.07, 6.45) is 0. The van der Waals surface area contributed by atoms with Gasteiger partial charge in [-0.05, 0) is 44.4 Å². The Hall–Kier alpha value is -0.430. The topological polar surface area (TPSA) is 0 Å². The molecule has 0 atom stereocenters. The van der Waals surface area contributed by atoms with Crippen LogP contribution in [-0.2, 0) is 4.75 Å². The van der Waals surface area contributed by atoms with Crippen LogP contribution in [0.5, 0.6) is 0 Å². The summed E-state index contributed by atoms with van der Waals surface area (Å²) in [5, 5.41) is 0. The third-order valence-electron chi connectivity index (χ3n) is 2.21. The molecule has 1 aromatic rings. The standard InChI is InChI=1S/C11H16S/c1-8-5-6-10(7-9(8)2)11(3,4)12/h5-7,12H,1-4H3. The van der Waals surface area contributed by atoms with E-state index in [2.05, 4.69) is 58.5 Å². The molecule has 0 aliphatic heterocycles. The van der Waals surface area contributed by atoms with Crippen LogP contribution in [0.15, 0.2) is 18.2 Å². The lowest BCUT2D eigenvalue weighted by atomic mass is 9.98. The molecule has 0 aliphatic rings. The van der Waals surface area contributed by atoms with Gasteiger partial charge < -0.3 is 0 Å². The van der Waals surface area contributed by atoms with E-state index in [0.717, 1.165) is 0 Å². The second-order valence-electron chi connectivity index (χ2n) is 3.86. The minimum atomic E-state index is -0.0293. The van der Waals surface area contributed by atoms with Gasteiger partial charge in [0.1, 0.15) is 0 Å². The van der Waals surface area contributed by atoms with E-state index in [1.807, 2.05) is 0 Å². The molecule has 0 bridgehead atoms. The van der Waals surface area contributed by atoms with Crippen molar-refractivity contribution in [3.8, 4) is 0 Å².